The van der Waals surface area contributed by atoms with Crippen LogP contribution in [0.15, 0.2) is 11.1 Å². The lowest BCUT2D eigenvalue weighted by atomic mass is 9.97. The Balaban J connectivity index is 1.17. The molecule has 4 rings (SSSR count). The second-order valence-electron chi connectivity index (χ2n) is 9.49. The van der Waals surface area contributed by atoms with Gasteiger partial charge in [-0.25, -0.2) is 4.98 Å². The van der Waals surface area contributed by atoms with Crippen molar-refractivity contribution in [3.05, 3.63) is 16.7 Å². The topological polar surface area (TPSA) is 146 Å². The molecule has 0 bridgehead atoms. The highest BCUT2D eigenvalue weighted by Crippen LogP contribution is 2.22. The fraction of sp³-hybridized carbons (Fsp3) is 0.750. The van der Waals surface area contributed by atoms with Gasteiger partial charge in [0.15, 0.2) is 17.5 Å². The van der Waals surface area contributed by atoms with Crippen LogP contribution >= 0.6 is 0 Å². The number of nitrogens with one attached hydrogen (secondary N) is 2. The summed E-state index contributed by atoms with van der Waals surface area (Å²) >= 11 is 0. The van der Waals surface area contributed by atoms with Gasteiger partial charge in [-0.15, -0.1) is 0 Å². The van der Waals surface area contributed by atoms with Crippen LogP contribution in [-0.4, -0.2) is 57.1 Å². The standard InChI is InChI=1S/C24H38N6O5/c25-24-28-21-20(23(32)29-24)26-15-30(21)16-33-13-14-34-19-12-8-11-18(35-19)22(31)27-17-9-6-4-2-1-3-5-7-10-17/h15,17-19H,1-14,16H2,(H,27,31)(H3,25,28,29,32). The van der Waals surface area contributed by atoms with E-state index in [1.807, 2.05) is 0 Å². The van der Waals surface area contributed by atoms with E-state index in [-0.39, 0.29) is 35.7 Å². The predicted octanol–water partition coefficient (Wildman–Crippen LogP) is 2.60. The summed E-state index contributed by atoms with van der Waals surface area (Å²) < 4.78 is 19.0. The third-order valence-electron chi connectivity index (χ3n) is 6.72. The molecule has 11 heteroatoms. The number of aromatic nitrogens is 4. The van der Waals surface area contributed by atoms with Crippen LogP contribution in [0.3, 0.4) is 0 Å². The molecule has 11 nitrogen and oxygen atoms in total. The first-order chi connectivity index (χ1) is 17.1. The van der Waals surface area contributed by atoms with Crippen LogP contribution in [-0.2, 0) is 25.7 Å². The summed E-state index contributed by atoms with van der Waals surface area (Å²) in [6.07, 6.45) is 13.9. The molecule has 0 aromatic carbocycles. The van der Waals surface area contributed by atoms with Crippen LogP contribution in [0.4, 0.5) is 5.95 Å². The molecule has 2 aromatic heterocycles. The summed E-state index contributed by atoms with van der Waals surface area (Å²) in [6.45, 7) is 0.801. The van der Waals surface area contributed by atoms with Gasteiger partial charge in [0.2, 0.25) is 11.9 Å². The largest absolute Gasteiger partial charge is 0.369 e. The number of nitrogens with two attached hydrogens (primary N) is 1. The first-order valence-corrected chi connectivity index (χ1v) is 13.0. The number of nitrogen functional groups attached to an aromatic ring is 1. The van der Waals surface area contributed by atoms with E-state index in [2.05, 4.69) is 20.3 Å². The number of fused-ring (bicyclic) bond motifs is 1. The van der Waals surface area contributed by atoms with E-state index in [1.54, 1.807) is 4.57 Å². The monoisotopic (exact) mass is 490 g/mol. The van der Waals surface area contributed by atoms with Gasteiger partial charge in [-0.3, -0.25) is 19.1 Å². The van der Waals surface area contributed by atoms with Crippen molar-refractivity contribution in [2.24, 2.45) is 0 Å². The number of hydrogen-bond acceptors (Lipinski definition) is 8. The summed E-state index contributed by atoms with van der Waals surface area (Å²) in [7, 11) is 0. The van der Waals surface area contributed by atoms with Crippen molar-refractivity contribution in [1.82, 2.24) is 24.8 Å². The van der Waals surface area contributed by atoms with Gasteiger partial charge in [0.05, 0.1) is 19.5 Å². The molecule has 4 N–H and O–H groups in total. The number of hydrogen-bond donors (Lipinski definition) is 3. The van der Waals surface area contributed by atoms with Crippen molar-refractivity contribution in [2.75, 3.05) is 18.9 Å². The maximum absolute atomic E-state index is 12.9. The molecule has 1 aliphatic heterocycles. The minimum Gasteiger partial charge on any atom is -0.369 e. The lowest BCUT2D eigenvalue weighted by Crippen LogP contribution is -2.46. The zero-order valence-corrected chi connectivity index (χ0v) is 20.4. The summed E-state index contributed by atoms with van der Waals surface area (Å²) in [5, 5.41) is 3.25. The Bertz CT molecular complexity index is 998. The van der Waals surface area contributed by atoms with Crippen molar-refractivity contribution in [3.63, 3.8) is 0 Å². The van der Waals surface area contributed by atoms with Crippen molar-refractivity contribution < 1.29 is 19.0 Å². The molecular formula is C24H38N6O5. The van der Waals surface area contributed by atoms with E-state index >= 15 is 0 Å². The predicted molar refractivity (Wildman–Crippen MR) is 130 cm³/mol. The first-order valence-electron chi connectivity index (χ1n) is 13.0. The van der Waals surface area contributed by atoms with Gasteiger partial charge < -0.3 is 25.3 Å². The van der Waals surface area contributed by atoms with Gasteiger partial charge in [-0.05, 0) is 32.1 Å². The van der Waals surface area contributed by atoms with Crippen LogP contribution in [0.1, 0.15) is 77.0 Å². The third-order valence-corrected chi connectivity index (χ3v) is 6.72. The molecule has 0 spiro atoms. The molecule has 1 amide bonds. The highest BCUT2D eigenvalue weighted by Gasteiger charge is 2.29. The second-order valence-corrected chi connectivity index (χ2v) is 9.49. The van der Waals surface area contributed by atoms with Gasteiger partial charge in [0.25, 0.3) is 5.56 Å². The molecule has 35 heavy (non-hydrogen) atoms. The van der Waals surface area contributed by atoms with Gasteiger partial charge in [-0.1, -0.05) is 44.9 Å². The minimum absolute atomic E-state index is 0.00893. The molecule has 2 aliphatic rings. The normalized spacial score (nSPS) is 22.7. The van der Waals surface area contributed by atoms with Gasteiger partial charge >= 0.3 is 0 Å². The Morgan fingerprint density at radius 3 is 2.60 bits per heavy atom. The van der Waals surface area contributed by atoms with Crippen LogP contribution < -0.4 is 16.6 Å². The van der Waals surface area contributed by atoms with Crippen molar-refractivity contribution in [1.29, 1.82) is 0 Å². The van der Waals surface area contributed by atoms with Crippen LogP contribution in [0.5, 0.6) is 0 Å². The van der Waals surface area contributed by atoms with Crippen molar-refractivity contribution in [2.45, 2.75) is 102 Å². The summed E-state index contributed by atoms with van der Waals surface area (Å²) in [5.41, 5.74) is 5.80. The Kier molecular flexibility index (Phi) is 9.50. The van der Waals surface area contributed by atoms with Crippen molar-refractivity contribution >= 4 is 23.0 Å². The molecule has 1 saturated carbocycles. The number of rotatable bonds is 8. The lowest BCUT2D eigenvalue weighted by molar-refractivity contribution is -0.202. The fourth-order valence-corrected chi connectivity index (χ4v) is 4.82. The number of H-pyrrole nitrogens is 1. The highest BCUT2D eigenvalue weighted by molar-refractivity contribution is 5.81. The molecular weight excluding hydrogens is 452 g/mol. The number of anilines is 1. The molecule has 0 radical (unpaired) electrons. The van der Waals surface area contributed by atoms with E-state index in [0.717, 1.165) is 32.1 Å². The third kappa shape index (κ3) is 7.49. The van der Waals surface area contributed by atoms with E-state index < -0.39 is 12.4 Å². The van der Waals surface area contributed by atoms with Crippen LogP contribution in [0.2, 0.25) is 0 Å². The fourth-order valence-electron chi connectivity index (χ4n) is 4.82. The number of carbonyl (C=O) groups is 1. The summed E-state index contributed by atoms with van der Waals surface area (Å²) in [4.78, 5) is 35.3. The molecule has 3 heterocycles. The molecule has 2 unspecified atom stereocenters. The SMILES string of the molecule is Nc1nc2c(ncn2COCCOC2CCCC(C(=O)NC3CCCCCCCCC3)O2)c(=O)[nH]1. The zero-order chi connectivity index (χ0) is 24.5. The maximum Gasteiger partial charge on any atom is 0.280 e. The highest BCUT2D eigenvalue weighted by atomic mass is 16.7. The van der Waals surface area contributed by atoms with Gasteiger partial charge in [-0.2, -0.15) is 4.98 Å². The molecule has 2 atom stereocenters. The Labute approximate surface area is 205 Å². The average Bonchev–Trinajstić information content (AvgIpc) is 3.26. The molecule has 2 aromatic rings. The number of imidazole rings is 1. The average molecular weight is 491 g/mol. The van der Waals surface area contributed by atoms with Gasteiger partial charge in [0, 0.05) is 6.04 Å². The smallest absolute Gasteiger partial charge is 0.280 e. The Morgan fingerprint density at radius 2 is 1.83 bits per heavy atom. The maximum atomic E-state index is 12.9. The lowest BCUT2D eigenvalue weighted by Gasteiger charge is -2.30. The number of amides is 1. The van der Waals surface area contributed by atoms with E-state index in [9.17, 15) is 9.59 Å². The number of nitrogens with zero attached hydrogens (tertiary/aromatic N) is 3. The van der Waals surface area contributed by atoms with Crippen LogP contribution in [0, 0.1) is 0 Å². The molecule has 2 fully saturated rings. The number of carbonyl (C=O) groups excluding carboxylic acids is 1. The van der Waals surface area contributed by atoms with Crippen LogP contribution in [0.25, 0.3) is 11.2 Å². The van der Waals surface area contributed by atoms with Crippen molar-refractivity contribution in [3.8, 4) is 0 Å². The Hall–Kier alpha value is -2.50. The van der Waals surface area contributed by atoms with E-state index in [0.29, 0.717) is 18.9 Å². The zero-order valence-electron chi connectivity index (χ0n) is 20.4. The van der Waals surface area contributed by atoms with E-state index in [4.69, 9.17) is 19.9 Å². The Morgan fingerprint density at radius 1 is 1.09 bits per heavy atom. The van der Waals surface area contributed by atoms with Gasteiger partial charge in [0.1, 0.15) is 12.8 Å². The summed E-state index contributed by atoms with van der Waals surface area (Å²) in [5.74, 6) is 0.0199. The quantitative estimate of drug-likeness (QED) is 0.479. The van der Waals surface area contributed by atoms with E-state index in [1.165, 1.54) is 51.3 Å². The molecule has 194 valence electrons. The molecule has 1 aliphatic carbocycles. The molecule has 1 saturated heterocycles. The first kappa shape index (κ1) is 25.6. The second kappa shape index (κ2) is 13.0. The number of aromatic amines is 1. The summed E-state index contributed by atoms with van der Waals surface area (Å²) in [6, 6.07) is 0.249. The minimum atomic E-state index is -0.461. The number of ether oxygens (including phenoxy) is 3.